The summed E-state index contributed by atoms with van der Waals surface area (Å²) in [6, 6.07) is 65.5. The van der Waals surface area contributed by atoms with E-state index in [9.17, 15) is 0 Å². The smallest absolute Gasteiger partial charge is 0.160 e. The molecule has 290 valence electrons. The van der Waals surface area contributed by atoms with E-state index >= 15 is 0 Å². The molecule has 2 aliphatic carbocycles. The van der Waals surface area contributed by atoms with Gasteiger partial charge in [0.15, 0.2) is 5.82 Å². The summed E-state index contributed by atoms with van der Waals surface area (Å²) in [7, 11) is 0. The van der Waals surface area contributed by atoms with Crippen molar-refractivity contribution in [1.29, 1.82) is 0 Å². The Labute approximate surface area is 356 Å². The molecule has 0 aliphatic heterocycles. The maximum absolute atomic E-state index is 6.26. The van der Waals surface area contributed by atoms with E-state index in [0.29, 0.717) is 5.82 Å². The zero-order valence-electron chi connectivity index (χ0n) is 34.6. The summed E-state index contributed by atoms with van der Waals surface area (Å²) < 4.78 is 6.26. The third-order valence-electron chi connectivity index (χ3n) is 13.5. The number of aromatic nitrogens is 2. The molecule has 61 heavy (non-hydrogen) atoms. The van der Waals surface area contributed by atoms with Crippen LogP contribution in [0.5, 0.6) is 0 Å². The van der Waals surface area contributed by atoms with E-state index in [2.05, 4.69) is 173 Å². The number of nitrogens with zero attached hydrogens (tertiary/aromatic N) is 2. The molecular weight excluding hydrogens is 741 g/mol. The molecule has 0 N–H and O–H groups in total. The van der Waals surface area contributed by atoms with Gasteiger partial charge in [-0.3, -0.25) is 0 Å². The second-order valence-electron chi connectivity index (χ2n) is 17.8. The number of furan rings is 1. The van der Waals surface area contributed by atoms with Gasteiger partial charge in [0.1, 0.15) is 11.2 Å². The summed E-state index contributed by atoms with van der Waals surface area (Å²) in [6.45, 7) is 9.52. The van der Waals surface area contributed by atoms with Crippen molar-refractivity contribution in [1.82, 2.24) is 9.97 Å². The summed E-state index contributed by atoms with van der Waals surface area (Å²) in [5, 5.41) is 2.21. The van der Waals surface area contributed by atoms with Crippen LogP contribution >= 0.6 is 0 Å². The lowest BCUT2D eigenvalue weighted by Gasteiger charge is -2.24. The molecule has 0 radical (unpaired) electrons. The van der Waals surface area contributed by atoms with Gasteiger partial charge in [0.25, 0.3) is 0 Å². The molecule has 2 aliphatic rings. The first-order valence-electron chi connectivity index (χ1n) is 21.2. The Morgan fingerprint density at radius 1 is 0.344 bits per heavy atom. The molecule has 0 bridgehead atoms. The number of benzene rings is 8. The maximum Gasteiger partial charge on any atom is 0.160 e. The van der Waals surface area contributed by atoms with Gasteiger partial charge in [0.05, 0.1) is 11.4 Å². The highest BCUT2D eigenvalue weighted by molar-refractivity contribution is 6.06. The van der Waals surface area contributed by atoms with Crippen LogP contribution in [0, 0.1) is 0 Å². The molecule has 0 saturated carbocycles. The zero-order valence-corrected chi connectivity index (χ0v) is 34.6. The van der Waals surface area contributed by atoms with Crippen molar-refractivity contribution >= 4 is 21.9 Å². The van der Waals surface area contributed by atoms with E-state index in [-0.39, 0.29) is 10.8 Å². The van der Waals surface area contributed by atoms with Crippen LogP contribution in [-0.2, 0) is 10.8 Å². The Morgan fingerprint density at radius 2 is 0.902 bits per heavy atom. The molecule has 3 heteroatoms. The molecule has 0 spiro atoms. The number of fused-ring (bicyclic) bond motifs is 9. The quantitative estimate of drug-likeness (QED) is 0.175. The molecule has 0 unspecified atom stereocenters. The summed E-state index contributed by atoms with van der Waals surface area (Å²) in [5.74, 6) is 0.689. The van der Waals surface area contributed by atoms with Crippen LogP contribution in [0.2, 0.25) is 0 Å². The van der Waals surface area contributed by atoms with E-state index in [4.69, 9.17) is 14.4 Å². The minimum atomic E-state index is -0.104. The van der Waals surface area contributed by atoms with Gasteiger partial charge in [-0.2, -0.15) is 0 Å². The molecule has 12 rings (SSSR count). The third kappa shape index (κ3) is 5.43. The van der Waals surface area contributed by atoms with Crippen LogP contribution in [0.25, 0.3) is 100 Å². The first-order valence-corrected chi connectivity index (χ1v) is 21.2. The van der Waals surface area contributed by atoms with Gasteiger partial charge >= 0.3 is 0 Å². The SMILES string of the molecule is CC1(C)c2ccccc2-c2cc3c(cc21)-c1c(-c2ccc(-c4ccc(-c5cc(-c6ccc7c(c6)oc6ccccc67)nc(-c6ccccc6)n5)cc4)cc2)cccc1C3(C)C. The normalized spacial score (nSPS) is 14.2. The van der Waals surface area contributed by atoms with Gasteiger partial charge in [-0.05, 0) is 103 Å². The van der Waals surface area contributed by atoms with Gasteiger partial charge < -0.3 is 4.42 Å². The molecule has 0 saturated heterocycles. The summed E-state index contributed by atoms with van der Waals surface area (Å²) >= 11 is 0. The van der Waals surface area contributed by atoms with E-state index < -0.39 is 0 Å². The molecule has 0 amide bonds. The van der Waals surface area contributed by atoms with E-state index in [1.165, 1.54) is 61.2 Å². The molecule has 10 aromatic rings. The fourth-order valence-electron chi connectivity index (χ4n) is 10.2. The number of para-hydroxylation sites is 1. The Hall–Kier alpha value is -7.36. The van der Waals surface area contributed by atoms with E-state index in [0.717, 1.165) is 55.6 Å². The average Bonchev–Trinajstić information content (AvgIpc) is 3.87. The standard InChI is InChI=1S/C58H42N2O/c1-57(2)47-18-10-8-15-42(47)45-32-50-46(33-49(45)57)55-41(17-12-19-48(55)58(50,3)4)37-25-21-35(22-26-37)36-23-27-38(28-24-36)51-34-52(60-56(59-51)39-13-6-5-7-14-39)40-29-30-44-43-16-9-11-20-53(43)61-54(44)31-40/h5-34H,1-4H3. The fraction of sp³-hybridized carbons (Fsp3) is 0.103. The monoisotopic (exact) mass is 782 g/mol. The predicted molar refractivity (Wildman–Crippen MR) is 252 cm³/mol. The molecule has 0 fully saturated rings. The van der Waals surface area contributed by atoms with Crippen LogP contribution < -0.4 is 0 Å². The summed E-state index contributed by atoms with van der Waals surface area (Å²) in [6.07, 6.45) is 0. The number of rotatable bonds is 5. The van der Waals surface area contributed by atoms with Crippen molar-refractivity contribution in [2.75, 3.05) is 0 Å². The molecule has 3 nitrogen and oxygen atoms in total. The minimum Gasteiger partial charge on any atom is -0.456 e. The van der Waals surface area contributed by atoms with E-state index in [1.807, 2.05) is 36.4 Å². The first kappa shape index (κ1) is 35.6. The molecular formula is C58H42N2O. The minimum absolute atomic E-state index is 0.0505. The van der Waals surface area contributed by atoms with Gasteiger partial charge in [-0.25, -0.2) is 9.97 Å². The summed E-state index contributed by atoms with van der Waals surface area (Å²) in [4.78, 5) is 10.2. The zero-order chi connectivity index (χ0) is 41.0. The molecule has 2 heterocycles. The lowest BCUT2D eigenvalue weighted by atomic mass is 9.79. The van der Waals surface area contributed by atoms with Crippen molar-refractivity contribution in [3.05, 3.63) is 204 Å². The topological polar surface area (TPSA) is 38.9 Å². The van der Waals surface area contributed by atoms with Gasteiger partial charge in [-0.1, -0.05) is 173 Å². The average molecular weight is 783 g/mol. The number of hydrogen-bond acceptors (Lipinski definition) is 3. The Balaban J connectivity index is 0.885. The Morgan fingerprint density at radius 3 is 1.69 bits per heavy atom. The lowest BCUT2D eigenvalue weighted by Crippen LogP contribution is -2.16. The fourth-order valence-corrected chi connectivity index (χ4v) is 10.2. The highest BCUT2D eigenvalue weighted by atomic mass is 16.3. The van der Waals surface area contributed by atoms with Crippen LogP contribution in [0.4, 0.5) is 0 Å². The van der Waals surface area contributed by atoms with E-state index in [1.54, 1.807) is 0 Å². The first-order chi connectivity index (χ1) is 29.7. The Bertz CT molecular complexity index is 3390. The van der Waals surface area contributed by atoms with Crippen LogP contribution in [0.15, 0.2) is 186 Å². The number of hydrogen-bond donors (Lipinski definition) is 0. The highest BCUT2D eigenvalue weighted by Crippen LogP contribution is 2.57. The highest BCUT2D eigenvalue weighted by Gasteiger charge is 2.42. The second-order valence-corrected chi connectivity index (χ2v) is 17.8. The van der Waals surface area contributed by atoms with Crippen LogP contribution in [-0.4, -0.2) is 9.97 Å². The van der Waals surface area contributed by atoms with Crippen molar-refractivity contribution < 1.29 is 4.42 Å². The Kier molecular flexibility index (Phi) is 7.62. The van der Waals surface area contributed by atoms with Crippen LogP contribution in [0.3, 0.4) is 0 Å². The van der Waals surface area contributed by atoms with Crippen molar-refractivity contribution in [2.24, 2.45) is 0 Å². The van der Waals surface area contributed by atoms with Gasteiger partial charge in [0, 0.05) is 38.3 Å². The third-order valence-corrected chi connectivity index (χ3v) is 13.5. The molecule has 2 aromatic heterocycles. The van der Waals surface area contributed by atoms with Crippen molar-refractivity contribution in [3.8, 4) is 78.4 Å². The van der Waals surface area contributed by atoms with Gasteiger partial charge in [0.2, 0.25) is 0 Å². The molecule has 0 atom stereocenters. The predicted octanol–water partition coefficient (Wildman–Crippen LogP) is 15.3. The maximum atomic E-state index is 6.26. The van der Waals surface area contributed by atoms with Gasteiger partial charge in [-0.15, -0.1) is 0 Å². The second kappa shape index (κ2) is 13.1. The largest absolute Gasteiger partial charge is 0.456 e. The van der Waals surface area contributed by atoms with Crippen LogP contribution in [0.1, 0.15) is 49.9 Å². The summed E-state index contributed by atoms with van der Waals surface area (Å²) in [5.41, 5.74) is 22.3. The van der Waals surface area contributed by atoms with Crippen molar-refractivity contribution in [2.45, 2.75) is 38.5 Å². The molecule has 8 aromatic carbocycles. The lowest BCUT2D eigenvalue weighted by molar-refractivity contribution is 0.652. The van der Waals surface area contributed by atoms with Crippen molar-refractivity contribution in [3.63, 3.8) is 0 Å².